The molecule has 198 valence electrons. The summed E-state index contributed by atoms with van der Waals surface area (Å²) in [6.07, 6.45) is 5.82. The van der Waals surface area contributed by atoms with Crippen LogP contribution in [-0.2, 0) is 20.9 Å². The van der Waals surface area contributed by atoms with Gasteiger partial charge in [-0.05, 0) is 80.5 Å². The van der Waals surface area contributed by atoms with Gasteiger partial charge < -0.3 is 24.3 Å². The third-order valence-electron chi connectivity index (χ3n) is 6.70. The van der Waals surface area contributed by atoms with Crippen molar-refractivity contribution in [3.63, 3.8) is 0 Å². The maximum Gasteiger partial charge on any atom is 0.281 e. The molecule has 0 aliphatic carbocycles. The van der Waals surface area contributed by atoms with Crippen molar-refractivity contribution in [2.75, 3.05) is 31.7 Å². The van der Waals surface area contributed by atoms with Crippen LogP contribution in [0.15, 0.2) is 58.8 Å². The van der Waals surface area contributed by atoms with Gasteiger partial charge in [-0.25, -0.2) is 0 Å². The van der Waals surface area contributed by atoms with E-state index in [1.54, 1.807) is 11.9 Å². The Labute approximate surface area is 235 Å². The van der Waals surface area contributed by atoms with E-state index in [1.807, 2.05) is 66.2 Å². The Morgan fingerprint density at radius 1 is 1.26 bits per heavy atom. The summed E-state index contributed by atoms with van der Waals surface area (Å²) in [4.78, 5) is 29.5. The Bertz CT molecular complexity index is 1410. The topological polar surface area (TPSA) is 76.0 Å². The van der Waals surface area contributed by atoms with E-state index < -0.39 is 0 Å². The number of fused-ring (bicyclic) bond motifs is 1. The highest BCUT2D eigenvalue weighted by atomic mass is 79.9. The van der Waals surface area contributed by atoms with Crippen LogP contribution in [0.2, 0.25) is 0 Å². The number of aromatic nitrogens is 1. The number of anilines is 1. The first-order valence-electron chi connectivity index (χ1n) is 12.6. The third kappa shape index (κ3) is 5.34. The number of ether oxygens (including phenoxy) is 2. The molecule has 10 heteroatoms. The number of nitrogens with zero attached hydrogens (tertiary/aromatic N) is 3. The Morgan fingerprint density at radius 3 is 2.76 bits per heavy atom. The van der Waals surface area contributed by atoms with E-state index in [0.717, 1.165) is 46.1 Å². The lowest BCUT2D eigenvalue weighted by Crippen LogP contribution is -2.34. The van der Waals surface area contributed by atoms with Crippen molar-refractivity contribution < 1.29 is 19.1 Å². The van der Waals surface area contributed by atoms with E-state index in [2.05, 4.69) is 21.2 Å². The first-order valence-corrected chi connectivity index (χ1v) is 13.8. The van der Waals surface area contributed by atoms with Crippen molar-refractivity contribution in [2.45, 2.75) is 32.4 Å². The molecule has 0 unspecified atom stereocenters. The zero-order valence-electron chi connectivity index (χ0n) is 21.3. The smallest absolute Gasteiger partial charge is 0.281 e. The maximum atomic E-state index is 13.5. The van der Waals surface area contributed by atoms with Crippen LogP contribution in [-0.4, -0.2) is 59.3 Å². The van der Waals surface area contributed by atoms with Gasteiger partial charge in [0.2, 0.25) is 5.91 Å². The van der Waals surface area contributed by atoms with Gasteiger partial charge in [0.15, 0.2) is 5.11 Å². The molecule has 2 saturated heterocycles. The number of amides is 2. The molecule has 8 nitrogen and oxygen atoms in total. The number of carbonyl (C=O) groups is 2. The highest BCUT2D eigenvalue weighted by Crippen LogP contribution is 2.32. The Morgan fingerprint density at radius 2 is 2.05 bits per heavy atom. The SMILES string of the molecule is CCOc1ccc(N2C(=O)/C(=C/c3cn(CC(=O)NC[C@@H]4CCCO4)c4ccc(Br)cc34)N(C)C2=S)cc1. The van der Waals surface area contributed by atoms with Crippen LogP contribution in [0.3, 0.4) is 0 Å². The molecule has 0 saturated carbocycles. The molecule has 3 aromatic rings. The third-order valence-corrected chi connectivity index (χ3v) is 7.65. The molecule has 2 amide bonds. The molecular weight excluding hydrogens is 568 g/mol. The van der Waals surface area contributed by atoms with Crippen molar-refractivity contribution >= 4 is 67.7 Å². The lowest BCUT2D eigenvalue weighted by molar-refractivity contribution is -0.122. The summed E-state index contributed by atoms with van der Waals surface area (Å²) in [7, 11) is 1.79. The first-order chi connectivity index (χ1) is 18.4. The Kier molecular flexibility index (Phi) is 7.83. The number of hydrogen-bond acceptors (Lipinski definition) is 5. The molecule has 1 atom stereocenters. The molecule has 5 rings (SSSR count). The molecule has 2 aliphatic heterocycles. The molecule has 1 N–H and O–H groups in total. The van der Waals surface area contributed by atoms with Gasteiger partial charge in [-0.3, -0.25) is 14.5 Å². The summed E-state index contributed by atoms with van der Waals surface area (Å²) >= 11 is 9.19. The minimum atomic E-state index is -0.216. The second-order valence-electron chi connectivity index (χ2n) is 9.25. The number of likely N-dealkylation sites (N-methyl/N-ethyl adjacent to an activating group) is 1. The zero-order chi connectivity index (χ0) is 26.8. The first kappa shape index (κ1) is 26.4. The summed E-state index contributed by atoms with van der Waals surface area (Å²) in [5.74, 6) is 0.430. The summed E-state index contributed by atoms with van der Waals surface area (Å²) < 4.78 is 13.9. The number of benzene rings is 2. The fourth-order valence-corrected chi connectivity index (χ4v) is 5.42. The van der Waals surface area contributed by atoms with Gasteiger partial charge in [0.05, 0.1) is 18.4 Å². The van der Waals surface area contributed by atoms with Crippen molar-refractivity contribution in [3.8, 4) is 5.75 Å². The minimum absolute atomic E-state index is 0.0858. The Hall–Kier alpha value is -3.21. The molecule has 0 spiro atoms. The van der Waals surface area contributed by atoms with Crippen LogP contribution in [0, 0.1) is 0 Å². The van der Waals surface area contributed by atoms with Crippen molar-refractivity contribution in [1.29, 1.82) is 0 Å². The standard InChI is InChI=1S/C28H29BrN4O4S/c1-3-36-21-9-7-20(8-10-21)33-27(35)25(31(2)28(33)38)13-18-16-32(24-11-6-19(29)14-23(18)24)17-26(34)30-15-22-5-4-12-37-22/h6-11,13-14,16,22H,3-5,12,15,17H2,1-2H3,(H,30,34)/b25-13-/t22-/m0/s1. The van der Waals surface area contributed by atoms with Crippen molar-refractivity contribution in [2.24, 2.45) is 0 Å². The number of nitrogens with one attached hydrogen (secondary N) is 1. The number of rotatable bonds is 8. The second-order valence-corrected chi connectivity index (χ2v) is 10.5. The lowest BCUT2D eigenvalue weighted by atomic mass is 10.1. The fraction of sp³-hybridized carbons (Fsp3) is 0.321. The highest BCUT2D eigenvalue weighted by molar-refractivity contribution is 9.10. The number of hydrogen-bond donors (Lipinski definition) is 1. The average molecular weight is 598 g/mol. The molecule has 3 heterocycles. The van der Waals surface area contributed by atoms with Gasteiger partial charge in [-0.15, -0.1) is 0 Å². The zero-order valence-corrected chi connectivity index (χ0v) is 23.7. The average Bonchev–Trinajstić information content (AvgIpc) is 3.59. The molecular formula is C28H29BrN4O4S. The lowest BCUT2D eigenvalue weighted by Gasteiger charge is -2.16. The van der Waals surface area contributed by atoms with E-state index in [-0.39, 0.29) is 24.5 Å². The normalized spacial score (nSPS) is 18.7. The monoisotopic (exact) mass is 596 g/mol. The minimum Gasteiger partial charge on any atom is -0.494 e. The van der Waals surface area contributed by atoms with E-state index in [0.29, 0.717) is 29.6 Å². The predicted octanol–water partition coefficient (Wildman–Crippen LogP) is 4.70. The predicted molar refractivity (Wildman–Crippen MR) is 155 cm³/mol. The van der Waals surface area contributed by atoms with E-state index in [1.165, 1.54) is 4.90 Å². The van der Waals surface area contributed by atoms with E-state index in [9.17, 15) is 9.59 Å². The van der Waals surface area contributed by atoms with Crippen molar-refractivity contribution in [3.05, 3.63) is 64.4 Å². The number of halogens is 1. The quantitative estimate of drug-likeness (QED) is 0.300. The van der Waals surface area contributed by atoms with Crippen LogP contribution in [0.4, 0.5) is 5.69 Å². The molecule has 38 heavy (non-hydrogen) atoms. The van der Waals surface area contributed by atoms with Crippen LogP contribution in [0.1, 0.15) is 25.3 Å². The summed E-state index contributed by atoms with van der Waals surface area (Å²) in [5, 5.41) is 4.30. The molecule has 1 aromatic heterocycles. The molecule has 2 aliphatic rings. The van der Waals surface area contributed by atoms with Gasteiger partial charge in [0.25, 0.3) is 5.91 Å². The van der Waals surface area contributed by atoms with Gasteiger partial charge in [0, 0.05) is 47.3 Å². The molecule has 2 fully saturated rings. The van der Waals surface area contributed by atoms with Gasteiger partial charge >= 0.3 is 0 Å². The highest BCUT2D eigenvalue weighted by Gasteiger charge is 2.37. The number of carbonyl (C=O) groups excluding carboxylic acids is 2. The fourth-order valence-electron chi connectivity index (χ4n) is 4.78. The molecule has 0 bridgehead atoms. The summed E-state index contributed by atoms with van der Waals surface area (Å²) in [5.41, 5.74) is 2.84. The van der Waals surface area contributed by atoms with Gasteiger partial charge in [0.1, 0.15) is 18.0 Å². The van der Waals surface area contributed by atoms with Crippen LogP contribution in [0.5, 0.6) is 5.75 Å². The van der Waals surface area contributed by atoms with Crippen LogP contribution in [0.25, 0.3) is 17.0 Å². The maximum absolute atomic E-state index is 13.5. The Balaban J connectivity index is 1.42. The van der Waals surface area contributed by atoms with E-state index >= 15 is 0 Å². The van der Waals surface area contributed by atoms with Gasteiger partial charge in [-0.1, -0.05) is 15.9 Å². The van der Waals surface area contributed by atoms with E-state index in [4.69, 9.17) is 21.7 Å². The van der Waals surface area contributed by atoms with Gasteiger partial charge in [-0.2, -0.15) is 0 Å². The number of thiocarbonyl (C=S) groups is 1. The van der Waals surface area contributed by atoms with Crippen LogP contribution >= 0.6 is 28.1 Å². The largest absolute Gasteiger partial charge is 0.494 e. The molecule has 0 radical (unpaired) electrons. The van der Waals surface area contributed by atoms with Crippen LogP contribution < -0.4 is 15.0 Å². The summed E-state index contributed by atoms with van der Waals surface area (Å²) in [6, 6.07) is 13.2. The second kappa shape index (κ2) is 11.3. The molecule has 2 aromatic carbocycles. The van der Waals surface area contributed by atoms with Crippen molar-refractivity contribution in [1.82, 2.24) is 14.8 Å². The summed E-state index contributed by atoms with van der Waals surface area (Å²) in [6.45, 7) is 3.91.